The van der Waals surface area contributed by atoms with Crippen LogP contribution in [0.2, 0.25) is 0 Å². The van der Waals surface area contributed by atoms with Crippen molar-refractivity contribution in [3.63, 3.8) is 0 Å². The van der Waals surface area contributed by atoms with Crippen LogP contribution < -0.4 is 11.2 Å². The number of amides is 3. The van der Waals surface area contributed by atoms with Crippen LogP contribution in [0.15, 0.2) is 72.9 Å². The summed E-state index contributed by atoms with van der Waals surface area (Å²) in [5.74, 6) is -0.535. The quantitative estimate of drug-likeness (QED) is 0.234. The molecule has 0 unspecified atom stereocenters. The number of carbonyl (C=O) groups is 3. The molecule has 1 aromatic heterocycles. The van der Waals surface area contributed by atoms with E-state index in [0.717, 1.165) is 22.0 Å². The molecule has 1 saturated heterocycles. The molecule has 3 aromatic rings. The first-order valence-electron chi connectivity index (χ1n) is 15.0. The first-order valence-corrected chi connectivity index (χ1v) is 15.0. The molecule has 0 radical (unpaired) electrons. The van der Waals surface area contributed by atoms with Crippen LogP contribution in [0.5, 0.6) is 0 Å². The van der Waals surface area contributed by atoms with E-state index >= 15 is 0 Å². The number of likely N-dealkylation sites (tertiary alicyclic amines) is 1. The molecule has 43 heavy (non-hydrogen) atoms. The van der Waals surface area contributed by atoms with Gasteiger partial charge in [0, 0.05) is 63.3 Å². The molecular formula is C34H46N6O3. The van der Waals surface area contributed by atoms with Crippen LogP contribution in [-0.4, -0.2) is 83.3 Å². The summed E-state index contributed by atoms with van der Waals surface area (Å²) in [6, 6.07) is 17.1. The lowest BCUT2D eigenvalue weighted by Crippen LogP contribution is -2.59. The number of hydrogen-bond acceptors (Lipinski definition) is 5. The van der Waals surface area contributed by atoms with Crippen molar-refractivity contribution in [1.29, 1.82) is 0 Å². The number of nitrogens with one attached hydrogen (secondary N) is 2. The Kier molecular flexibility index (Phi) is 10.1. The number of nitrogens with zero attached hydrogens (tertiary/aromatic N) is 3. The van der Waals surface area contributed by atoms with E-state index < -0.39 is 17.0 Å². The molecule has 0 saturated carbocycles. The Bertz CT molecular complexity index is 1440. The normalized spacial score (nSPS) is 18.3. The van der Waals surface area contributed by atoms with Crippen molar-refractivity contribution in [2.75, 3.05) is 34.2 Å². The molecule has 1 fully saturated rings. The Balaban J connectivity index is 1.65. The summed E-state index contributed by atoms with van der Waals surface area (Å²) < 4.78 is 0. The Morgan fingerprint density at radius 3 is 2.49 bits per heavy atom. The van der Waals surface area contributed by atoms with Gasteiger partial charge >= 0.3 is 0 Å². The van der Waals surface area contributed by atoms with Gasteiger partial charge in [-0.1, -0.05) is 54.6 Å². The first-order chi connectivity index (χ1) is 20.4. The lowest BCUT2D eigenvalue weighted by atomic mass is 9.74. The van der Waals surface area contributed by atoms with Crippen LogP contribution in [0.1, 0.15) is 44.2 Å². The lowest BCUT2D eigenvalue weighted by Gasteiger charge is -2.44. The maximum Gasteiger partial charge on any atom is 0.246 e. The highest BCUT2D eigenvalue weighted by Crippen LogP contribution is 2.35. The van der Waals surface area contributed by atoms with Crippen molar-refractivity contribution in [2.24, 2.45) is 11.1 Å². The van der Waals surface area contributed by atoms with E-state index in [9.17, 15) is 14.4 Å². The van der Waals surface area contributed by atoms with Gasteiger partial charge in [0.05, 0.1) is 5.41 Å². The van der Waals surface area contributed by atoms with E-state index in [0.29, 0.717) is 38.6 Å². The smallest absolute Gasteiger partial charge is 0.246 e. The number of H-pyrrole nitrogens is 1. The van der Waals surface area contributed by atoms with E-state index in [1.165, 1.54) is 11.0 Å². The average Bonchev–Trinajstić information content (AvgIpc) is 3.37. The molecule has 9 nitrogen and oxygen atoms in total. The third kappa shape index (κ3) is 8.12. The predicted molar refractivity (Wildman–Crippen MR) is 171 cm³/mol. The maximum atomic E-state index is 14.5. The summed E-state index contributed by atoms with van der Waals surface area (Å²) in [7, 11) is 5.26. The van der Waals surface area contributed by atoms with Crippen molar-refractivity contribution >= 4 is 28.6 Å². The lowest BCUT2D eigenvalue weighted by molar-refractivity contribution is -0.149. The molecule has 2 atom stereocenters. The molecule has 0 aliphatic carbocycles. The van der Waals surface area contributed by atoms with Crippen LogP contribution >= 0.6 is 0 Å². The topological polar surface area (TPSA) is 115 Å². The largest absolute Gasteiger partial charge is 0.361 e. The highest BCUT2D eigenvalue weighted by Gasteiger charge is 2.45. The zero-order chi connectivity index (χ0) is 31.2. The van der Waals surface area contributed by atoms with Gasteiger partial charge in [-0.05, 0) is 62.8 Å². The van der Waals surface area contributed by atoms with Gasteiger partial charge in [-0.15, -0.1) is 0 Å². The van der Waals surface area contributed by atoms with Crippen molar-refractivity contribution in [3.8, 4) is 0 Å². The van der Waals surface area contributed by atoms with E-state index in [1.54, 1.807) is 37.1 Å². The number of fused-ring (bicyclic) bond motifs is 1. The molecule has 2 heterocycles. The molecular weight excluding hydrogens is 540 g/mol. The van der Waals surface area contributed by atoms with Gasteiger partial charge in [0.1, 0.15) is 6.04 Å². The summed E-state index contributed by atoms with van der Waals surface area (Å²) in [6.45, 7) is 4.59. The summed E-state index contributed by atoms with van der Waals surface area (Å²) in [5.41, 5.74) is 10.8. The van der Waals surface area contributed by atoms with Gasteiger partial charge in [0.25, 0.3) is 0 Å². The van der Waals surface area contributed by atoms with Crippen molar-refractivity contribution < 1.29 is 14.4 Å². The number of aromatic amines is 1. The fourth-order valence-electron chi connectivity index (χ4n) is 5.88. The number of benzene rings is 2. The number of hydrazine groups is 1. The zero-order valence-electron chi connectivity index (χ0n) is 26.1. The molecule has 2 aromatic carbocycles. The number of aromatic nitrogens is 1. The van der Waals surface area contributed by atoms with Crippen molar-refractivity contribution in [3.05, 3.63) is 84.1 Å². The summed E-state index contributed by atoms with van der Waals surface area (Å²) >= 11 is 0. The molecule has 3 amide bonds. The molecule has 0 bridgehead atoms. The van der Waals surface area contributed by atoms with Crippen LogP contribution in [0.25, 0.3) is 10.9 Å². The Morgan fingerprint density at radius 2 is 1.79 bits per heavy atom. The minimum atomic E-state index is -0.805. The van der Waals surface area contributed by atoms with E-state index in [2.05, 4.69) is 10.4 Å². The van der Waals surface area contributed by atoms with Gasteiger partial charge in [-0.2, -0.15) is 0 Å². The molecule has 230 valence electrons. The second-order valence-corrected chi connectivity index (χ2v) is 12.8. The van der Waals surface area contributed by atoms with Gasteiger partial charge in [-0.25, -0.2) is 5.01 Å². The third-order valence-corrected chi connectivity index (χ3v) is 8.17. The number of piperidine rings is 1. The molecule has 4 N–H and O–H groups in total. The van der Waals surface area contributed by atoms with Gasteiger partial charge in [0.15, 0.2) is 0 Å². The maximum absolute atomic E-state index is 14.5. The van der Waals surface area contributed by atoms with Crippen LogP contribution in [0, 0.1) is 5.41 Å². The number of nitrogens with two attached hydrogens (primary N) is 1. The Hall–Kier alpha value is -3.95. The van der Waals surface area contributed by atoms with Crippen LogP contribution in [0.3, 0.4) is 0 Å². The second-order valence-electron chi connectivity index (χ2n) is 12.8. The number of hydrogen-bond donors (Lipinski definition) is 3. The number of rotatable bonds is 11. The van der Waals surface area contributed by atoms with Gasteiger partial charge in [-0.3, -0.25) is 19.8 Å². The molecule has 9 heteroatoms. The minimum Gasteiger partial charge on any atom is -0.361 e. The van der Waals surface area contributed by atoms with Crippen LogP contribution in [-0.2, 0) is 27.2 Å². The molecule has 4 rings (SSSR count). The standard InChI is InChI=1S/C34H46N6O3/c1-33(2,35)18-11-17-30(41)39(5)29(21-26-23-36-28-16-10-9-15-27(26)28)31(42)40-20-12-19-34(24-40,32(43)37-38(3)4)22-25-13-7-6-8-14-25/h6-11,13-17,23,29,36H,12,18-22,24,35H2,1-5H3,(H,37,43)/b17-11+/t29-,34-/m0/s1. The summed E-state index contributed by atoms with van der Waals surface area (Å²) in [6.07, 6.45) is 7.91. The molecule has 1 aliphatic rings. The highest BCUT2D eigenvalue weighted by molar-refractivity contribution is 5.94. The van der Waals surface area contributed by atoms with E-state index in [4.69, 9.17) is 5.73 Å². The van der Waals surface area contributed by atoms with Gasteiger partial charge < -0.3 is 20.5 Å². The van der Waals surface area contributed by atoms with E-state index in [-0.39, 0.29) is 24.3 Å². The Morgan fingerprint density at radius 1 is 1.09 bits per heavy atom. The number of para-hydroxylation sites is 1. The van der Waals surface area contributed by atoms with E-state index in [1.807, 2.05) is 74.6 Å². The molecule has 1 aliphatic heterocycles. The van der Waals surface area contributed by atoms with Crippen molar-refractivity contribution in [1.82, 2.24) is 25.2 Å². The predicted octanol–water partition coefficient (Wildman–Crippen LogP) is 3.67. The minimum absolute atomic E-state index is 0.108. The van der Waals surface area contributed by atoms with Crippen molar-refractivity contribution in [2.45, 2.75) is 57.5 Å². The van der Waals surface area contributed by atoms with Gasteiger partial charge in [0.2, 0.25) is 17.7 Å². The summed E-state index contributed by atoms with van der Waals surface area (Å²) in [4.78, 5) is 48.2. The zero-order valence-corrected chi connectivity index (χ0v) is 26.1. The monoisotopic (exact) mass is 586 g/mol. The average molecular weight is 587 g/mol. The fraction of sp³-hybridized carbons (Fsp3) is 0.441. The first kappa shape index (κ1) is 32.0. The fourth-order valence-corrected chi connectivity index (χ4v) is 5.88. The highest BCUT2D eigenvalue weighted by atomic mass is 16.2. The Labute approximate surface area is 255 Å². The SMILES string of the molecule is CN(C)NC(=O)[C@]1(Cc2ccccc2)CCCN(C(=O)[C@H](Cc2c[nH]c3ccccc23)N(C)C(=O)/C=C/CC(C)(C)N)C1. The number of carbonyl (C=O) groups excluding carboxylic acids is 3. The third-order valence-electron chi connectivity index (χ3n) is 8.17. The second kappa shape index (κ2) is 13.6. The number of likely N-dealkylation sites (N-methyl/N-ethyl adjacent to an activating group) is 1. The summed E-state index contributed by atoms with van der Waals surface area (Å²) in [5, 5.41) is 2.67. The van der Waals surface area contributed by atoms with Crippen LogP contribution in [0.4, 0.5) is 0 Å². The molecule has 0 spiro atoms.